The third-order valence-corrected chi connectivity index (χ3v) is 5.35. The van der Waals surface area contributed by atoms with Crippen LogP contribution in [0.4, 0.5) is 0 Å². The summed E-state index contributed by atoms with van der Waals surface area (Å²) in [4.78, 5) is 18.9. The first kappa shape index (κ1) is 15.2. The van der Waals surface area contributed by atoms with Crippen molar-refractivity contribution in [3.05, 3.63) is 33.5 Å². The van der Waals surface area contributed by atoms with Crippen LogP contribution in [0.3, 0.4) is 0 Å². The number of likely N-dealkylation sites (tertiary alicyclic amines) is 1. The molecule has 22 heavy (non-hydrogen) atoms. The lowest BCUT2D eigenvalue weighted by Gasteiger charge is -2.25. The number of hydrogen-bond acceptors (Lipinski definition) is 4. The Morgan fingerprint density at radius 2 is 2.27 bits per heavy atom. The first-order chi connectivity index (χ1) is 10.6. The Hall–Kier alpha value is -1.69. The predicted molar refractivity (Wildman–Crippen MR) is 86.8 cm³/mol. The number of carbonyl (C=O) groups excluding carboxylic acids is 1. The van der Waals surface area contributed by atoms with Crippen molar-refractivity contribution in [2.45, 2.75) is 45.6 Å². The van der Waals surface area contributed by atoms with Crippen LogP contribution in [-0.2, 0) is 18.3 Å². The molecule has 2 aromatic heterocycles. The zero-order valence-corrected chi connectivity index (χ0v) is 14.2. The van der Waals surface area contributed by atoms with E-state index in [0.717, 1.165) is 36.5 Å². The largest absolute Gasteiger partial charge is 0.336 e. The van der Waals surface area contributed by atoms with E-state index in [1.165, 1.54) is 11.3 Å². The normalized spacial score (nSPS) is 18.1. The van der Waals surface area contributed by atoms with Crippen LogP contribution in [0.1, 0.15) is 47.3 Å². The SMILES string of the molecule is Cc1nn(C)c(C)c1[C@@H]1CCCN1C(=O)CCc1nccs1. The zero-order chi connectivity index (χ0) is 15.7. The summed E-state index contributed by atoms with van der Waals surface area (Å²) in [6.45, 7) is 4.99. The molecule has 1 aliphatic heterocycles. The van der Waals surface area contributed by atoms with Crippen LogP contribution in [-0.4, -0.2) is 32.1 Å². The van der Waals surface area contributed by atoms with Gasteiger partial charge in [-0.1, -0.05) is 0 Å². The average molecular weight is 318 g/mol. The molecule has 0 aromatic carbocycles. The Bertz CT molecular complexity index is 662. The highest BCUT2D eigenvalue weighted by atomic mass is 32.1. The molecule has 1 amide bonds. The van der Waals surface area contributed by atoms with Crippen molar-refractivity contribution < 1.29 is 4.79 Å². The number of aromatic nitrogens is 3. The van der Waals surface area contributed by atoms with E-state index in [1.807, 2.05) is 28.9 Å². The van der Waals surface area contributed by atoms with Gasteiger partial charge in [-0.3, -0.25) is 9.48 Å². The second kappa shape index (κ2) is 6.20. The molecule has 3 rings (SSSR count). The number of carbonyl (C=O) groups is 1. The van der Waals surface area contributed by atoms with Gasteiger partial charge < -0.3 is 4.90 Å². The van der Waals surface area contributed by atoms with E-state index in [2.05, 4.69) is 17.0 Å². The molecule has 2 aromatic rings. The molecule has 1 aliphatic rings. The highest BCUT2D eigenvalue weighted by molar-refractivity contribution is 7.09. The van der Waals surface area contributed by atoms with E-state index >= 15 is 0 Å². The van der Waals surface area contributed by atoms with E-state index in [1.54, 1.807) is 17.5 Å². The minimum Gasteiger partial charge on any atom is -0.336 e. The molecule has 0 spiro atoms. The fourth-order valence-corrected chi connectivity index (χ4v) is 3.99. The molecule has 0 bridgehead atoms. The van der Waals surface area contributed by atoms with E-state index in [0.29, 0.717) is 6.42 Å². The van der Waals surface area contributed by atoms with Crippen LogP contribution in [0.25, 0.3) is 0 Å². The van der Waals surface area contributed by atoms with Crippen LogP contribution in [0.5, 0.6) is 0 Å². The molecule has 0 saturated carbocycles. The van der Waals surface area contributed by atoms with Crippen molar-refractivity contribution in [1.29, 1.82) is 0 Å². The average Bonchev–Trinajstić information content (AvgIpc) is 3.19. The van der Waals surface area contributed by atoms with Gasteiger partial charge in [0.15, 0.2) is 0 Å². The summed E-state index contributed by atoms with van der Waals surface area (Å²) < 4.78 is 1.92. The van der Waals surface area contributed by atoms with Crippen molar-refractivity contribution in [2.75, 3.05) is 6.54 Å². The number of amides is 1. The molecule has 118 valence electrons. The van der Waals surface area contributed by atoms with Gasteiger partial charge in [-0.15, -0.1) is 11.3 Å². The summed E-state index contributed by atoms with van der Waals surface area (Å²) in [7, 11) is 1.97. The van der Waals surface area contributed by atoms with Crippen LogP contribution in [0.2, 0.25) is 0 Å². The fraction of sp³-hybridized carbons (Fsp3) is 0.562. The van der Waals surface area contributed by atoms with Gasteiger partial charge in [0.25, 0.3) is 0 Å². The Kier molecular flexibility index (Phi) is 4.29. The third-order valence-electron chi connectivity index (χ3n) is 4.51. The van der Waals surface area contributed by atoms with Gasteiger partial charge >= 0.3 is 0 Å². The van der Waals surface area contributed by atoms with E-state index in [4.69, 9.17) is 0 Å². The standard InChI is InChI=1S/C16H22N4OS/c1-11-16(12(2)19(3)18-11)13-5-4-9-20(13)15(21)7-6-14-17-8-10-22-14/h8,10,13H,4-7,9H2,1-3H3/t13-/m0/s1. The topological polar surface area (TPSA) is 51.0 Å². The maximum Gasteiger partial charge on any atom is 0.223 e. The van der Waals surface area contributed by atoms with Gasteiger partial charge in [-0.05, 0) is 26.7 Å². The maximum absolute atomic E-state index is 12.6. The number of thiazole rings is 1. The molecule has 0 N–H and O–H groups in total. The highest BCUT2D eigenvalue weighted by Crippen LogP contribution is 2.35. The van der Waals surface area contributed by atoms with Gasteiger partial charge in [0.05, 0.1) is 16.7 Å². The number of aryl methyl sites for hydroxylation is 3. The van der Waals surface area contributed by atoms with Crippen LogP contribution in [0.15, 0.2) is 11.6 Å². The Labute approximate surface area is 135 Å². The lowest BCUT2D eigenvalue weighted by molar-refractivity contribution is -0.132. The predicted octanol–water partition coefficient (Wildman–Crippen LogP) is 2.79. The number of nitrogens with zero attached hydrogens (tertiary/aromatic N) is 4. The van der Waals surface area contributed by atoms with Gasteiger partial charge in [0.1, 0.15) is 0 Å². The monoisotopic (exact) mass is 318 g/mol. The molecule has 6 heteroatoms. The molecule has 0 radical (unpaired) electrons. The van der Waals surface area contributed by atoms with E-state index in [9.17, 15) is 4.79 Å². The molecule has 0 aliphatic carbocycles. The summed E-state index contributed by atoms with van der Waals surface area (Å²) >= 11 is 1.62. The maximum atomic E-state index is 12.6. The number of rotatable bonds is 4. The molecule has 1 fully saturated rings. The second-order valence-electron chi connectivity index (χ2n) is 5.88. The molecule has 5 nitrogen and oxygen atoms in total. The zero-order valence-electron chi connectivity index (χ0n) is 13.4. The first-order valence-corrected chi connectivity index (χ1v) is 8.64. The summed E-state index contributed by atoms with van der Waals surface area (Å²) in [5.74, 6) is 0.236. The van der Waals surface area contributed by atoms with Crippen molar-refractivity contribution in [3.8, 4) is 0 Å². The van der Waals surface area contributed by atoms with Crippen molar-refractivity contribution in [1.82, 2.24) is 19.7 Å². The van der Waals surface area contributed by atoms with Crippen LogP contribution in [0, 0.1) is 13.8 Å². The molecule has 0 unspecified atom stereocenters. The lowest BCUT2D eigenvalue weighted by Crippen LogP contribution is -2.31. The Balaban J connectivity index is 1.73. The fourth-order valence-electron chi connectivity index (χ4n) is 3.37. The summed E-state index contributed by atoms with van der Waals surface area (Å²) in [6, 6.07) is 0.192. The highest BCUT2D eigenvalue weighted by Gasteiger charge is 2.33. The van der Waals surface area contributed by atoms with Crippen molar-refractivity contribution in [3.63, 3.8) is 0 Å². The van der Waals surface area contributed by atoms with Crippen molar-refractivity contribution in [2.24, 2.45) is 7.05 Å². The third kappa shape index (κ3) is 2.79. The summed E-state index contributed by atoms with van der Waals surface area (Å²) in [5, 5.41) is 7.50. The second-order valence-corrected chi connectivity index (χ2v) is 6.86. The van der Waals surface area contributed by atoms with Crippen LogP contribution >= 0.6 is 11.3 Å². The quantitative estimate of drug-likeness (QED) is 0.871. The summed E-state index contributed by atoms with van der Waals surface area (Å²) in [5.41, 5.74) is 3.45. The molecule has 1 atom stereocenters. The minimum absolute atomic E-state index is 0.192. The summed E-state index contributed by atoms with van der Waals surface area (Å²) in [6.07, 6.45) is 5.19. The Morgan fingerprint density at radius 1 is 1.45 bits per heavy atom. The number of hydrogen-bond donors (Lipinski definition) is 0. The Morgan fingerprint density at radius 3 is 2.91 bits per heavy atom. The van der Waals surface area contributed by atoms with Gasteiger partial charge in [-0.25, -0.2) is 4.98 Å². The lowest BCUT2D eigenvalue weighted by atomic mass is 10.0. The first-order valence-electron chi connectivity index (χ1n) is 7.76. The molecule has 3 heterocycles. The molecular formula is C16H22N4OS. The van der Waals surface area contributed by atoms with Gasteiger partial charge in [-0.2, -0.15) is 5.10 Å². The molecule has 1 saturated heterocycles. The van der Waals surface area contributed by atoms with E-state index < -0.39 is 0 Å². The van der Waals surface area contributed by atoms with E-state index in [-0.39, 0.29) is 11.9 Å². The van der Waals surface area contributed by atoms with Crippen LogP contribution < -0.4 is 0 Å². The van der Waals surface area contributed by atoms with Gasteiger partial charge in [0.2, 0.25) is 5.91 Å². The molecular weight excluding hydrogens is 296 g/mol. The van der Waals surface area contributed by atoms with Gasteiger partial charge in [0, 0.05) is 49.3 Å². The van der Waals surface area contributed by atoms with Crippen molar-refractivity contribution >= 4 is 17.2 Å². The minimum atomic E-state index is 0.192. The smallest absolute Gasteiger partial charge is 0.223 e.